The molecular formula is C15H19NOS2. The fourth-order valence-electron chi connectivity index (χ4n) is 1.99. The van der Waals surface area contributed by atoms with Crippen LogP contribution in [-0.4, -0.2) is 11.9 Å². The molecule has 0 saturated carbocycles. The van der Waals surface area contributed by atoms with Crippen LogP contribution in [0, 0.1) is 5.92 Å². The first-order valence-corrected chi connectivity index (χ1v) is 8.26. The average Bonchev–Trinajstić information content (AvgIpc) is 3.01. The molecular weight excluding hydrogens is 274 g/mol. The molecule has 0 aliphatic rings. The van der Waals surface area contributed by atoms with Gasteiger partial charge in [-0.15, -0.1) is 22.7 Å². The van der Waals surface area contributed by atoms with Crippen molar-refractivity contribution in [2.45, 2.75) is 32.7 Å². The molecule has 0 aromatic carbocycles. The number of hydrogen-bond acceptors (Lipinski definition) is 3. The minimum atomic E-state index is 0.0319. The van der Waals surface area contributed by atoms with Crippen LogP contribution in [-0.2, 0) is 17.6 Å². The number of rotatable bonds is 6. The highest BCUT2D eigenvalue weighted by molar-refractivity contribution is 7.10. The summed E-state index contributed by atoms with van der Waals surface area (Å²) in [6.45, 7) is 4.06. The first kappa shape index (κ1) is 14.3. The van der Waals surface area contributed by atoms with Gasteiger partial charge in [0, 0.05) is 28.1 Å². The van der Waals surface area contributed by atoms with Gasteiger partial charge in [0.1, 0.15) is 0 Å². The van der Waals surface area contributed by atoms with Crippen LogP contribution in [0.2, 0.25) is 0 Å². The number of nitrogens with one attached hydrogen (secondary N) is 1. The van der Waals surface area contributed by atoms with Gasteiger partial charge in [0.25, 0.3) is 0 Å². The Balaban J connectivity index is 1.79. The van der Waals surface area contributed by atoms with E-state index in [2.05, 4.69) is 35.1 Å². The summed E-state index contributed by atoms with van der Waals surface area (Å²) < 4.78 is 0. The van der Waals surface area contributed by atoms with Gasteiger partial charge < -0.3 is 5.32 Å². The van der Waals surface area contributed by atoms with Gasteiger partial charge in [-0.25, -0.2) is 0 Å². The minimum Gasteiger partial charge on any atom is -0.353 e. The second-order valence-electron chi connectivity index (χ2n) is 4.88. The third-order valence-electron chi connectivity index (χ3n) is 3.01. The topological polar surface area (TPSA) is 29.1 Å². The molecule has 2 rings (SSSR count). The quantitative estimate of drug-likeness (QED) is 0.864. The summed E-state index contributed by atoms with van der Waals surface area (Å²) in [7, 11) is 0. The van der Waals surface area contributed by atoms with Crippen molar-refractivity contribution < 1.29 is 4.79 Å². The number of thiophene rings is 2. The Morgan fingerprint density at radius 3 is 2.21 bits per heavy atom. The van der Waals surface area contributed by atoms with Gasteiger partial charge >= 0.3 is 0 Å². The first-order chi connectivity index (χ1) is 9.15. The number of carbonyl (C=O) groups is 1. The van der Waals surface area contributed by atoms with E-state index in [0.29, 0.717) is 0 Å². The molecule has 2 nitrogen and oxygen atoms in total. The lowest BCUT2D eigenvalue weighted by Gasteiger charge is -2.16. The summed E-state index contributed by atoms with van der Waals surface area (Å²) in [5.74, 6) is 0.182. The number of amides is 1. The molecule has 0 radical (unpaired) electrons. The van der Waals surface area contributed by atoms with Crippen LogP contribution >= 0.6 is 22.7 Å². The van der Waals surface area contributed by atoms with Crippen molar-refractivity contribution in [1.29, 1.82) is 0 Å². The third kappa shape index (κ3) is 4.48. The summed E-state index contributed by atoms with van der Waals surface area (Å²) in [4.78, 5) is 14.7. The second-order valence-corrected chi connectivity index (χ2v) is 6.94. The lowest BCUT2D eigenvalue weighted by atomic mass is 10.1. The minimum absolute atomic E-state index is 0.0319. The van der Waals surface area contributed by atoms with E-state index in [1.165, 1.54) is 9.75 Å². The van der Waals surface area contributed by atoms with E-state index in [-0.39, 0.29) is 17.9 Å². The van der Waals surface area contributed by atoms with E-state index < -0.39 is 0 Å². The van der Waals surface area contributed by atoms with Crippen molar-refractivity contribution in [3.63, 3.8) is 0 Å². The number of carbonyl (C=O) groups excluding carboxylic acids is 1. The SMILES string of the molecule is C[C@H](Cc1cccs1)C(=O)N[C@@H](C)Cc1cccs1. The normalized spacial score (nSPS) is 14.0. The van der Waals surface area contributed by atoms with Gasteiger partial charge in [0.05, 0.1) is 0 Å². The van der Waals surface area contributed by atoms with Gasteiger partial charge in [-0.3, -0.25) is 4.79 Å². The Morgan fingerprint density at radius 2 is 1.68 bits per heavy atom. The molecule has 1 amide bonds. The molecule has 1 N–H and O–H groups in total. The van der Waals surface area contributed by atoms with Gasteiger partial charge in [0.2, 0.25) is 5.91 Å². The smallest absolute Gasteiger partial charge is 0.223 e. The Morgan fingerprint density at radius 1 is 1.11 bits per heavy atom. The maximum Gasteiger partial charge on any atom is 0.223 e. The van der Waals surface area contributed by atoms with Crippen LogP contribution < -0.4 is 5.32 Å². The molecule has 0 bridgehead atoms. The predicted octanol–water partition coefficient (Wildman–Crippen LogP) is 3.74. The Kier molecular flexibility index (Phi) is 5.16. The lowest BCUT2D eigenvalue weighted by Crippen LogP contribution is -2.38. The Labute approximate surface area is 122 Å². The summed E-state index contributed by atoms with van der Waals surface area (Å²) in [6, 6.07) is 8.47. The van der Waals surface area contributed by atoms with Gasteiger partial charge in [-0.2, -0.15) is 0 Å². The average molecular weight is 293 g/mol. The molecule has 0 spiro atoms. The molecule has 4 heteroatoms. The van der Waals surface area contributed by atoms with Crippen LogP contribution in [0.4, 0.5) is 0 Å². The van der Waals surface area contributed by atoms with Crippen molar-refractivity contribution in [1.82, 2.24) is 5.32 Å². The van der Waals surface area contributed by atoms with E-state index in [1.54, 1.807) is 22.7 Å². The van der Waals surface area contributed by atoms with Crippen LogP contribution in [0.1, 0.15) is 23.6 Å². The zero-order chi connectivity index (χ0) is 13.7. The van der Waals surface area contributed by atoms with E-state index in [1.807, 2.05) is 19.1 Å². The monoisotopic (exact) mass is 293 g/mol. The van der Waals surface area contributed by atoms with Gasteiger partial charge in [0.15, 0.2) is 0 Å². The number of hydrogen-bond donors (Lipinski definition) is 1. The molecule has 0 aliphatic heterocycles. The highest BCUT2D eigenvalue weighted by Crippen LogP contribution is 2.15. The van der Waals surface area contributed by atoms with Crippen LogP contribution in [0.25, 0.3) is 0 Å². The Bertz CT molecular complexity index is 490. The van der Waals surface area contributed by atoms with Crippen LogP contribution in [0.5, 0.6) is 0 Å². The molecule has 102 valence electrons. The molecule has 19 heavy (non-hydrogen) atoms. The van der Waals surface area contributed by atoms with Crippen molar-refractivity contribution in [3.05, 3.63) is 44.8 Å². The van der Waals surface area contributed by atoms with E-state index in [4.69, 9.17) is 0 Å². The highest BCUT2D eigenvalue weighted by Gasteiger charge is 2.16. The molecule has 0 aliphatic carbocycles. The molecule has 2 heterocycles. The molecule has 0 unspecified atom stereocenters. The van der Waals surface area contributed by atoms with Gasteiger partial charge in [-0.05, 0) is 36.2 Å². The summed E-state index contributed by atoms with van der Waals surface area (Å²) in [6.07, 6.45) is 1.74. The first-order valence-electron chi connectivity index (χ1n) is 6.50. The standard InChI is InChI=1S/C15H19NOS2/c1-11(9-13-5-3-7-18-13)15(17)16-12(2)10-14-6-4-8-19-14/h3-8,11-12H,9-10H2,1-2H3,(H,16,17)/t11-,12+/m1/s1. The molecule has 0 saturated heterocycles. The maximum absolute atomic E-state index is 12.1. The fraction of sp³-hybridized carbons (Fsp3) is 0.400. The zero-order valence-corrected chi connectivity index (χ0v) is 12.9. The highest BCUT2D eigenvalue weighted by atomic mass is 32.1. The van der Waals surface area contributed by atoms with Crippen molar-refractivity contribution in [2.75, 3.05) is 0 Å². The van der Waals surface area contributed by atoms with Gasteiger partial charge in [-0.1, -0.05) is 19.1 Å². The zero-order valence-electron chi connectivity index (χ0n) is 11.3. The Hall–Kier alpha value is -1.13. The third-order valence-corrected chi connectivity index (χ3v) is 4.81. The second kappa shape index (κ2) is 6.87. The summed E-state index contributed by atoms with van der Waals surface area (Å²) >= 11 is 3.45. The predicted molar refractivity (Wildman–Crippen MR) is 82.8 cm³/mol. The van der Waals surface area contributed by atoms with Crippen LogP contribution in [0.15, 0.2) is 35.0 Å². The van der Waals surface area contributed by atoms with E-state index in [9.17, 15) is 4.79 Å². The lowest BCUT2D eigenvalue weighted by molar-refractivity contribution is -0.125. The molecule has 0 fully saturated rings. The summed E-state index contributed by atoms with van der Waals surface area (Å²) in [5.41, 5.74) is 0. The fourth-order valence-corrected chi connectivity index (χ4v) is 3.66. The summed E-state index contributed by atoms with van der Waals surface area (Å²) in [5, 5.41) is 7.23. The molecule has 2 aromatic rings. The van der Waals surface area contributed by atoms with Crippen molar-refractivity contribution in [3.8, 4) is 0 Å². The van der Waals surface area contributed by atoms with Crippen molar-refractivity contribution in [2.24, 2.45) is 5.92 Å². The maximum atomic E-state index is 12.1. The van der Waals surface area contributed by atoms with E-state index in [0.717, 1.165) is 12.8 Å². The molecule has 2 aromatic heterocycles. The van der Waals surface area contributed by atoms with Crippen molar-refractivity contribution >= 4 is 28.6 Å². The van der Waals surface area contributed by atoms with E-state index >= 15 is 0 Å². The largest absolute Gasteiger partial charge is 0.353 e. The molecule has 2 atom stereocenters. The van der Waals surface area contributed by atoms with Crippen LogP contribution in [0.3, 0.4) is 0 Å².